The first-order chi connectivity index (χ1) is 12.7. The molecule has 0 unspecified atom stereocenters. The summed E-state index contributed by atoms with van der Waals surface area (Å²) in [6, 6.07) is 9.09. The highest BCUT2D eigenvalue weighted by atomic mass is 35.5. The molecule has 0 aliphatic carbocycles. The number of aryl methyl sites for hydroxylation is 1. The molecule has 1 N–H and O–H groups in total. The Bertz CT molecular complexity index is 848. The fourth-order valence-corrected chi connectivity index (χ4v) is 2.36. The van der Waals surface area contributed by atoms with Crippen molar-refractivity contribution in [2.75, 3.05) is 13.2 Å². The minimum atomic E-state index is -4.53. The molecule has 0 radical (unpaired) electrons. The molecule has 2 aromatic rings. The Kier molecular flexibility index (Phi) is 6.62. The largest absolute Gasteiger partial charge is 0.452 e. The molecule has 0 fully saturated rings. The number of halogens is 4. The maximum atomic E-state index is 12.0. The van der Waals surface area contributed by atoms with E-state index >= 15 is 0 Å². The van der Waals surface area contributed by atoms with Gasteiger partial charge in [0.15, 0.2) is 6.61 Å². The number of hydrogen-bond donors (Lipinski definition) is 1. The first kappa shape index (κ1) is 20.5. The van der Waals surface area contributed by atoms with Crippen LogP contribution in [0.15, 0.2) is 36.4 Å². The number of carbonyl (C=O) groups excluding carboxylic acids is 2. The van der Waals surface area contributed by atoms with Crippen LogP contribution in [0.3, 0.4) is 0 Å². The second kappa shape index (κ2) is 8.72. The van der Waals surface area contributed by atoms with Gasteiger partial charge >= 0.3 is 12.1 Å². The molecule has 144 valence electrons. The monoisotopic (exact) mass is 401 g/mol. The third-order valence-electron chi connectivity index (χ3n) is 3.27. The van der Waals surface area contributed by atoms with E-state index in [-0.39, 0.29) is 5.15 Å². The Morgan fingerprint density at radius 1 is 1.30 bits per heavy atom. The zero-order valence-corrected chi connectivity index (χ0v) is 14.8. The molecule has 1 amide bonds. The number of alkyl halides is 3. The van der Waals surface area contributed by atoms with Crippen LogP contribution in [0.1, 0.15) is 11.3 Å². The van der Waals surface area contributed by atoms with Crippen molar-refractivity contribution >= 4 is 29.6 Å². The molecular formula is C17H15ClF3N3O3. The molecule has 0 saturated heterocycles. The van der Waals surface area contributed by atoms with Gasteiger partial charge in [0.2, 0.25) is 0 Å². The number of rotatable bonds is 6. The summed E-state index contributed by atoms with van der Waals surface area (Å²) in [6.45, 7) is -0.622. The second-order valence-electron chi connectivity index (χ2n) is 5.37. The summed E-state index contributed by atoms with van der Waals surface area (Å²) in [5.74, 6) is -1.96. The van der Waals surface area contributed by atoms with Crippen LogP contribution in [-0.4, -0.2) is 41.0 Å². The van der Waals surface area contributed by atoms with Crippen LogP contribution in [0.25, 0.3) is 11.8 Å². The normalized spacial score (nSPS) is 11.6. The first-order valence-corrected chi connectivity index (χ1v) is 8.04. The van der Waals surface area contributed by atoms with Crippen molar-refractivity contribution in [3.05, 3.63) is 52.8 Å². The molecule has 10 heteroatoms. The van der Waals surface area contributed by atoms with Crippen molar-refractivity contribution in [2.24, 2.45) is 0 Å². The predicted molar refractivity (Wildman–Crippen MR) is 92.4 cm³/mol. The van der Waals surface area contributed by atoms with Gasteiger partial charge in [-0.15, -0.1) is 0 Å². The molecule has 1 aromatic heterocycles. The fourth-order valence-electron chi connectivity index (χ4n) is 2.03. The summed E-state index contributed by atoms with van der Waals surface area (Å²) < 4.78 is 42.0. The van der Waals surface area contributed by atoms with Gasteiger partial charge in [-0.2, -0.15) is 18.3 Å². The molecule has 0 bridgehead atoms. The Balaban J connectivity index is 1.97. The van der Waals surface area contributed by atoms with Gasteiger partial charge in [-0.05, 0) is 25.1 Å². The van der Waals surface area contributed by atoms with E-state index in [0.29, 0.717) is 11.3 Å². The minimum absolute atomic E-state index is 0.269. The van der Waals surface area contributed by atoms with Gasteiger partial charge in [0.1, 0.15) is 11.7 Å². The summed E-state index contributed by atoms with van der Waals surface area (Å²) in [5, 5.41) is 6.15. The highest BCUT2D eigenvalue weighted by Gasteiger charge is 2.27. The summed E-state index contributed by atoms with van der Waals surface area (Å²) in [6.07, 6.45) is -2.16. The van der Waals surface area contributed by atoms with Crippen LogP contribution < -0.4 is 5.32 Å². The van der Waals surface area contributed by atoms with E-state index in [1.807, 2.05) is 18.2 Å². The molecule has 0 spiro atoms. The lowest BCUT2D eigenvalue weighted by Gasteiger charge is -2.07. The van der Waals surface area contributed by atoms with Crippen molar-refractivity contribution in [1.29, 1.82) is 0 Å². The topological polar surface area (TPSA) is 73.2 Å². The molecule has 0 aliphatic heterocycles. The average Bonchev–Trinajstić information content (AvgIpc) is 2.90. The average molecular weight is 402 g/mol. The third-order valence-corrected chi connectivity index (χ3v) is 3.63. The summed E-state index contributed by atoms with van der Waals surface area (Å²) in [7, 11) is 0. The number of hydrogen-bond acceptors (Lipinski definition) is 4. The minimum Gasteiger partial charge on any atom is -0.452 e. The molecule has 0 saturated carbocycles. The number of carbonyl (C=O) groups is 2. The lowest BCUT2D eigenvalue weighted by Crippen LogP contribution is -2.36. The molecule has 1 heterocycles. The summed E-state index contributed by atoms with van der Waals surface area (Å²) in [5.41, 5.74) is 1.75. The number of para-hydroxylation sites is 1. The van der Waals surface area contributed by atoms with Crippen LogP contribution in [0.4, 0.5) is 13.2 Å². The van der Waals surface area contributed by atoms with E-state index in [4.69, 9.17) is 11.6 Å². The van der Waals surface area contributed by atoms with Gasteiger partial charge in [-0.1, -0.05) is 29.8 Å². The number of nitrogens with one attached hydrogen (secondary N) is 1. The van der Waals surface area contributed by atoms with Gasteiger partial charge in [0, 0.05) is 11.6 Å². The zero-order chi connectivity index (χ0) is 20.0. The molecule has 1 aromatic carbocycles. The molecule has 2 rings (SSSR count). The zero-order valence-electron chi connectivity index (χ0n) is 14.1. The maximum absolute atomic E-state index is 12.0. The Morgan fingerprint density at radius 3 is 2.59 bits per heavy atom. The van der Waals surface area contributed by atoms with Crippen molar-refractivity contribution in [2.45, 2.75) is 13.1 Å². The van der Waals surface area contributed by atoms with Crippen molar-refractivity contribution in [3.8, 4) is 5.69 Å². The van der Waals surface area contributed by atoms with E-state index in [1.165, 1.54) is 10.8 Å². The lowest BCUT2D eigenvalue weighted by atomic mass is 10.2. The highest BCUT2D eigenvalue weighted by molar-refractivity contribution is 6.31. The van der Waals surface area contributed by atoms with Crippen molar-refractivity contribution < 1.29 is 27.5 Å². The van der Waals surface area contributed by atoms with Crippen LogP contribution in [-0.2, 0) is 14.3 Å². The Hall–Kier alpha value is -2.81. The molecule has 6 nitrogen and oxygen atoms in total. The molecule has 0 atom stereocenters. The first-order valence-electron chi connectivity index (χ1n) is 7.66. The second-order valence-corrected chi connectivity index (χ2v) is 5.73. The van der Waals surface area contributed by atoms with E-state index in [9.17, 15) is 22.8 Å². The number of nitrogens with zero attached hydrogens (tertiary/aromatic N) is 2. The number of esters is 1. The Labute approximate surface area is 157 Å². The van der Waals surface area contributed by atoms with Gasteiger partial charge < -0.3 is 10.1 Å². The number of aromatic nitrogens is 2. The van der Waals surface area contributed by atoms with Gasteiger partial charge in [-0.3, -0.25) is 4.79 Å². The van der Waals surface area contributed by atoms with E-state index in [1.54, 1.807) is 24.4 Å². The van der Waals surface area contributed by atoms with Gasteiger partial charge in [0.25, 0.3) is 5.91 Å². The van der Waals surface area contributed by atoms with Gasteiger partial charge in [-0.25, -0.2) is 9.48 Å². The van der Waals surface area contributed by atoms with Crippen molar-refractivity contribution in [1.82, 2.24) is 15.1 Å². The summed E-state index contributed by atoms with van der Waals surface area (Å²) >= 11 is 6.29. The standard InChI is InChI=1S/C17H15ClF3N3O3/c1-11-13(16(18)24(23-11)12-5-3-2-4-6-12)7-8-15(26)27-9-14(25)22-10-17(19,20)21/h2-8H,9-10H2,1H3,(H,22,25)/b8-7+. The number of amides is 1. The van der Waals surface area contributed by atoms with Gasteiger partial charge in [0.05, 0.1) is 11.4 Å². The van der Waals surface area contributed by atoms with Crippen LogP contribution >= 0.6 is 11.6 Å². The number of benzene rings is 1. The van der Waals surface area contributed by atoms with Crippen LogP contribution in [0, 0.1) is 6.92 Å². The smallest absolute Gasteiger partial charge is 0.405 e. The predicted octanol–water partition coefficient (Wildman–Crippen LogP) is 3.07. The van der Waals surface area contributed by atoms with E-state index in [0.717, 1.165) is 11.8 Å². The third kappa shape index (κ3) is 6.14. The Morgan fingerprint density at radius 2 is 1.96 bits per heavy atom. The number of ether oxygens (including phenoxy) is 1. The SMILES string of the molecule is Cc1nn(-c2ccccc2)c(Cl)c1/C=C/C(=O)OCC(=O)NCC(F)(F)F. The van der Waals surface area contributed by atoms with E-state index < -0.39 is 31.2 Å². The lowest BCUT2D eigenvalue weighted by molar-refractivity contribution is -0.148. The van der Waals surface area contributed by atoms with Crippen LogP contribution in [0.5, 0.6) is 0 Å². The highest BCUT2D eigenvalue weighted by Crippen LogP contribution is 2.24. The molecular weight excluding hydrogens is 387 g/mol. The van der Waals surface area contributed by atoms with E-state index in [2.05, 4.69) is 9.84 Å². The van der Waals surface area contributed by atoms with Crippen molar-refractivity contribution in [3.63, 3.8) is 0 Å². The fraction of sp³-hybridized carbons (Fsp3) is 0.235. The molecule has 0 aliphatic rings. The maximum Gasteiger partial charge on any atom is 0.405 e. The quantitative estimate of drug-likeness (QED) is 0.596. The van der Waals surface area contributed by atoms with Crippen LogP contribution in [0.2, 0.25) is 5.15 Å². The molecule has 27 heavy (non-hydrogen) atoms. The summed E-state index contributed by atoms with van der Waals surface area (Å²) in [4.78, 5) is 22.8.